The predicted molar refractivity (Wildman–Crippen MR) is 119 cm³/mol. The van der Waals surface area contributed by atoms with Crippen molar-refractivity contribution in [3.8, 4) is 0 Å². The number of aliphatic hydroxyl groups excluding tert-OH is 1. The fourth-order valence-corrected chi connectivity index (χ4v) is 3.99. The number of aryl methyl sites for hydroxylation is 2. The molecule has 2 heterocycles. The zero-order valence-corrected chi connectivity index (χ0v) is 17.9. The van der Waals surface area contributed by atoms with Crippen LogP contribution in [0.2, 0.25) is 5.02 Å². The SMILES string of the molecule is Cc1ccc(C)c(/C(O)=C2\C(=O)C(=O)N(Cc3cccnc3)C2c2ccc(Cl)cc2)c1. The topological polar surface area (TPSA) is 70.5 Å². The van der Waals surface area contributed by atoms with Crippen LogP contribution in [0.15, 0.2) is 72.6 Å². The van der Waals surface area contributed by atoms with Gasteiger partial charge in [-0.15, -0.1) is 0 Å². The van der Waals surface area contributed by atoms with Gasteiger partial charge in [0.1, 0.15) is 5.76 Å². The van der Waals surface area contributed by atoms with Gasteiger partial charge in [-0.25, -0.2) is 0 Å². The lowest BCUT2D eigenvalue weighted by Crippen LogP contribution is -2.29. The normalized spacial score (nSPS) is 17.9. The summed E-state index contributed by atoms with van der Waals surface area (Å²) in [5.74, 6) is -1.54. The Balaban J connectivity index is 1.90. The van der Waals surface area contributed by atoms with Crippen molar-refractivity contribution < 1.29 is 14.7 Å². The number of nitrogens with zero attached hydrogens (tertiary/aromatic N) is 2. The van der Waals surface area contributed by atoms with Gasteiger partial charge < -0.3 is 10.0 Å². The molecule has 0 aliphatic carbocycles. The average molecular weight is 433 g/mol. The second kappa shape index (κ2) is 8.36. The minimum Gasteiger partial charge on any atom is -0.507 e. The Morgan fingerprint density at radius 3 is 2.52 bits per heavy atom. The third-order valence-electron chi connectivity index (χ3n) is 5.45. The molecule has 1 amide bonds. The van der Waals surface area contributed by atoms with Crippen LogP contribution in [0.5, 0.6) is 0 Å². The summed E-state index contributed by atoms with van der Waals surface area (Å²) in [7, 11) is 0. The molecule has 0 spiro atoms. The second-order valence-electron chi connectivity index (χ2n) is 7.66. The Hall–Kier alpha value is -3.44. The molecule has 1 N–H and O–H groups in total. The summed E-state index contributed by atoms with van der Waals surface area (Å²) >= 11 is 6.06. The van der Waals surface area contributed by atoms with Gasteiger partial charge in [-0.3, -0.25) is 14.6 Å². The zero-order chi connectivity index (χ0) is 22.1. The number of likely N-dealkylation sites (tertiary alicyclic amines) is 1. The third kappa shape index (κ3) is 3.97. The van der Waals surface area contributed by atoms with Gasteiger partial charge in [-0.2, -0.15) is 0 Å². The molecule has 156 valence electrons. The molecular weight excluding hydrogens is 412 g/mol. The van der Waals surface area contributed by atoms with Gasteiger partial charge in [0.15, 0.2) is 0 Å². The average Bonchev–Trinajstić information content (AvgIpc) is 3.01. The number of aliphatic hydroxyl groups is 1. The molecule has 6 heteroatoms. The van der Waals surface area contributed by atoms with Gasteiger partial charge in [0.05, 0.1) is 11.6 Å². The molecular formula is C25H21ClN2O3. The maximum Gasteiger partial charge on any atom is 0.295 e. The lowest BCUT2D eigenvalue weighted by Gasteiger charge is -2.25. The quantitative estimate of drug-likeness (QED) is 0.359. The first-order chi connectivity index (χ1) is 14.9. The number of pyridine rings is 1. The number of carbonyl (C=O) groups excluding carboxylic acids is 2. The molecule has 4 rings (SSSR count). The van der Waals surface area contributed by atoms with Crippen LogP contribution in [-0.2, 0) is 16.1 Å². The number of hydrogen-bond acceptors (Lipinski definition) is 4. The van der Waals surface area contributed by atoms with E-state index in [-0.39, 0.29) is 17.9 Å². The molecule has 0 bridgehead atoms. The molecule has 0 radical (unpaired) electrons. The van der Waals surface area contributed by atoms with Crippen LogP contribution in [-0.4, -0.2) is 26.7 Å². The smallest absolute Gasteiger partial charge is 0.295 e. The minimum atomic E-state index is -0.739. The third-order valence-corrected chi connectivity index (χ3v) is 5.70. The van der Waals surface area contributed by atoms with E-state index in [0.717, 1.165) is 16.7 Å². The van der Waals surface area contributed by atoms with Gasteiger partial charge in [0.25, 0.3) is 11.7 Å². The summed E-state index contributed by atoms with van der Waals surface area (Å²) in [4.78, 5) is 31.7. The van der Waals surface area contributed by atoms with Crippen molar-refractivity contribution in [2.75, 3.05) is 0 Å². The van der Waals surface area contributed by atoms with E-state index in [1.807, 2.05) is 38.1 Å². The lowest BCUT2D eigenvalue weighted by atomic mass is 9.93. The van der Waals surface area contributed by atoms with Crippen LogP contribution in [0.3, 0.4) is 0 Å². The van der Waals surface area contributed by atoms with Crippen molar-refractivity contribution in [3.05, 3.63) is 105 Å². The van der Waals surface area contributed by atoms with Crippen LogP contribution < -0.4 is 0 Å². The van der Waals surface area contributed by atoms with E-state index in [9.17, 15) is 14.7 Å². The van der Waals surface area contributed by atoms with E-state index in [4.69, 9.17) is 11.6 Å². The number of aromatic nitrogens is 1. The van der Waals surface area contributed by atoms with Gasteiger partial charge in [0, 0.05) is 29.5 Å². The van der Waals surface area contributed by atoms with Crippen LogP contribution in [0.25, 0.3) is 5.76 Å². The molecule has 1 atom stereocenters. The Kier molecular flexibility index (Phi) is 5.61. The lowest BCUT2D eigenvalue weighted by molar-refractivity contribution is -0.140. The van der Waals surface area contributed by atoms with Crippen LogP contribution in [0.1, 0.15) is 33.9 Å². The number of halogens is 1. The maximum absolute atomic E-state index is 13.1. The van der Waals surface area contributed by atoms with E-state index in [2.05, 4.69) is 4.98 Å². The van der Waals surface area contributed by atoms with Gasteiger partial charge in [-0.1, -0.05) is 47.5 Å². The summed E-state index contributed by atoms with van der Waals surface area (Å²) in [5.41, 5.74) is 3.86. The summed E-state index contributed by atoms with van der Waals surface area (Å²) in [6.07, 6.45) is 3.30. The first-order valence-corrected chi connectivity index (χ1v) is 10.2. The number of benzene rings is 2. The van der Waals surface area contributed by atoms with E-state index in [1.165, 1.54) is 4.90 Å². The molecule has 31 heavy (non-hydrogen) atoms. The highest BCUT2D eigenvalue weighted by atomic mass is 35.5. The number of ketones is 1. The summed E-state index contributed by atoms with van der Waals surface area (Å²) in [5, 5.41) is 11.8. The monoisotopic (exact) mass is 432 g/mol. The fraction of sp³-hybridized carbons (Fsp3) is 0.160. The summed E-state index contributed by atoms with van der Waals surface area (Å²) < 4.78 is 0. The molecule has 1 unspecified atom stereocenters. The molecule has 2 aromatic carbocycles. The highest BCUT2D eigenvalue weighted by molar-refractivity contribution is 6.46. The summed E-state index contributed by atoms with van der Waals surface area (Å²) in [6, 6.07) is 15.5. The largest absolute Gasteiger partial charge is 0.507 e. The van der Waals surface area contributed by atoms with Crippen molar-refractivity contribution in [1.82, 2.24) is 9.88 Å². The predicted octanol–water partition coefficient (Wildman–Crippen LogP) is 4.97. The molecule has 5 nitrogen and oxygen atoms in total. The van der Waals surface area contributed by atoms with Crippen molar-refractivity contribution >= 4 is 29.1 Å². The molecule has 1 saturated heterocycles. The molecule has 1 aromatic heterocycles. The molecule has 1 fully saturated rings. The number of carbonyl (C=O) groups is 2. The standard InChI is InChI=1S/C25H21ClN2O3/c1-15-5-6-16(2)20(12-15)23(29)21-22(18-7-9-19(26)10-8-18)28(25(31)24(21)30)14-17-4-3-11-27-13-17/h3-13,22,29H,14H2,1-2H3/b23-21+. The Bertz CT molecular complexity index is 1190. The Labute approximate surface area is 185 Å². The van der Waals surface area contributed by atoms with Gasteiger partial charge in [0.2, 0.25) is 0 Å². The second-order valence-corrected chi connectivity index (χ2v) is 8.09. The van der Waals surface area contributed by atoms with Crippen LogP contribution in [0, 0.1) is 13.8 Å². The van der Waals surface area contributed by atoms with E-state index < -0.39 is 17.7 Å². The zero-order valence-electron chi connectivity index (χ0n) is 17.2. The molecule has 0 saturated carbocycles. The van der Waals surface area contributed by atoms with E-state index in [0.29, 0.717) is 16.1 Å². The number of amides is 1. The summed E-state index contributed by atoms with van der Waals surface area (Å²) in [6.45, 7) is 3.96. The number of Topliss-reactive ketones (excluding diaryl/α,β-unsaturated/α-hetero) is 1. The molecule has 1 aliphatic rings. The van der Waals surface area contributed by atoms with E-state index in [1.54, 1.807) is 42.7 Å². The van der Waals surface area contributed by atoms with Crippen LogP contribution >= 0.6 is 11.6 Å². The fourth-order valence-electron chi connectivity index (χ4n) is 3.86. The Morgan fingerprint density at radius 1 is 1.10 bits per heavy atom. The van der Waals surface area contributed by atoms with E-state index >= 15 is 0 Å². The molecule has 1 aliphatic heterocycles. The number of rotatable bonds is 4. The maximum atomic E-state index is 13.1. The molecule has 3 aromatic rings. The van der Waals surface area contributed by atoms with Crippen molar-refractivity contribution in [3.63, 3.8) is 0 Å². The van der Waals surface area contributed by atoms with Crippen LogP contribution in [0.4, 0.5) is 0 Å². The van der Waals surface area contributed by atoms with Crippen molar-refractivity contribution in [2.45, 2.75) is 26.4 Å². The number of hydrogen-bond donors (Lipinski definition) is 1. The van der Waals surface area contributed by atoms with Gasteiger partial charge in [-0.05, 0) is 54.8 Å². The minimum absolute atomic E-state index is 0.0740. The van der Waals surface area contributed by atoms with Crippen molar-refractivity contribution in [2.24, 2.45) is 0 Å². The first-order valence-electron chi connectivity index (χ1n) is 9.87. The highest BCUT2D eigenvalue weighted by Crippen LogP contribution is 2.41. The Morgan fingerprint density at radius 2 is 1.84 bits per heavy atom. The van der Waals surface area contributed by atoms with Gasteiger partial charge >= 0.3 is 0 Å². The first kappa shape index (κ1) is 20.8. The highest BCUT2D eigenvalue weighted by Gasteiger charge is 2.46. The van der Waals surface area contributed by atoms with Crippen molar-refractivity contribution in [1.29, 1.82) is 0 Å².